The second kappa shape index (κ2) is 7.58. The molecule has 2 aromatic carbocycles. The molecule has 23 heavy (non-hydrogen) atoms. The van der Waals surface area contributed by atoms with E-state index in [9.17, 15) is 9.59 Å². The van der Waals surface area contributed by atoms with E-state index in [1.165, 1.54) is 0 Å². The van der Waals surface area contributed by atoms with Crippen LogP contribution in [0.4, 0.5) is 5.69 Å². The van der Waals surface area contributed by atoms with Gasteiger partial charge >= 0.3 is 0 Å². The number of benzene rings is 2. The van der Waals surface area contributed by atoms with E-state index in [1.54, 1.807) is 0 Å². The van der Waals surface area contributed by atoms with Gasteiger partial charge in [-0.2, -0.15) is 0 Å². The van der Waals surface area contributed by atoms with Gasteiger partial charge < -0.3 is 10.6 Å². The second-order valence-corrected chi connectivity index (χ2v) is 5.80. The molecular formula is C19H22N2O2. The molecule has 120 valence electrons. The van der Waals surface area contributed by atoms with Gasteiger partial charge in [-0.1, -0.05) is 30.3 Å². The van der Waals surface area contributed by atoms with Crippen molar-refractivity contribution < 1.29 is 9.59 Å². The number of aryl methyl sites for hydroxylation is 3. The highest BCUT2D eigenvalue weighted by Gasteiger charge is 2.10. The molecule has 0 aliphatic heterocycles. The summed E-state index contributed by atoms with van der Waals surface area (Å²) in [5.41, 5.74) is 5.04. The predicted molar refractivity (Wildman–Crippen MR) is 92.2 cm³/mol. The van der Waals surface area contributed by atoms with Crippen LogP contribution in [0, 0.1) is 20.8 Å². The minimum absolute atomic E-state index is 0.182. The Bertz CT molecular complexity index is 703. The van der Waals surface area contributed by atoms with Gasteiger partial charge in [-0.3, -0.25) is 9.59 Å². The van der Waals surface area contributed by atoms with Gasteiger partial charge in [0.25, 0.3) is 0 Å². The van der Waals surface area contributed by atoms with Gasteiger partial charge in [0.1, 0.15) is 6.42 Å². The summed E-state index contributed by atoms with van der Waals surface area (Å²) in [5, 5.41) is 5.54. The summed E-state index contributed by atoms with van der Waals surface area (Å²) in [6.45, 7) is 6.37. The van der Waals surface area contributed by atoms with Gasteiger partial charge in [-0.15, -0.1) is 0 Å². The summed E-state index contributed by atoms with van der Waals surface area (Å²) in [6.07, 6.45) is -0.182. The molecule has 2 aromatic rings. The standard InChI is InChI=1S/C19H22N2O2/c1-13-8-14(2)10-17(9-13)21-19(23)11-18(22)20-12-16-7-5-4-6-15(16)3/h4-10H,11-12H2,1-3H3,(H,20,22)(H,21,23). The molecule has 0 unspecified atom stereocenters. The van der Waals surface area contributed by atoms with Gasteiger partial charge in [-0.05, 0) is 55.2 Å². The molecule has 2 rings (SSSR count). The van der Waals surface area contributed by atoms with Crippen molar-refractivity contribution in [2.45, 2.75) is 33.7 Å². The smallest absolute Gasteiger partial charge is 0.233 e. The summed E-state index contributed by atoms with van der Waals surface area (Å²) >= 11 is 0. The Balaban J connectivity index is 1.85. The molecule has 4 heteroatoms. The summed E-state index contributed by atoms with van der Waals surface area (Å²) < 4.78 is 0. The first-order chi connectivity index (χ1) is 10.9. The normalized spacial score (nSPS) is 10.2. The van der Waals surface area contributed by atoms with Crippen molar-refractivity contribution >= 4 is 17.5 Å². The number of rotatable bonds is 5. The maximum absolute atomic E-state index is 12.0. The van der Waals surface area contributed by atoms with E-state index in [-0.39, 0.29) is 18.2 Å². The molecule has 0 atom stereocenters. The third kappa shape index (κ3) is 5.25. The predicted octanol–water partition coefficient (Wildman–Crippen LogP) is 3.26. The lowest BCUT2D eigenvalue weighted by molar-refractivity contribution is -0.126. The number of carbonyl (C=O) groups is 2. The Morgan fingerprint density at radius 3 is 2.22 bits per heavy atom. The van der Waals surface area contributed by atoms with Crippen LogP contribution in [0.2, 0.25) is 0 Å². The van der Waals surface area contributed by atoms with E-state index >= 15 is 0 Å². The van der Waals surface area contributed by atoms with Crippen LogP contribution < -0.4 is 10.6 Å². The maximum atomic E-state index is 12.0. The highest BCUT2D eigenvalue weighted by Crippen LogP contribution is 2.14. The van der Waals surface area contributed by atoms with E-state index in [1.807, 2.05) is 63.2 Å². The topological polar surface area (TPSA) is 58.2 Å². The lowest BCUT2D eigenvalue weighted by Crippen LogP contribution is -2.28. The molecule has 0 bridgehead atoms. The first kappa shape index (κ1) is 16.7. The Morgan fingerprint density at radius 1 is 0.913 bits per heavy atom. The quantitative estimate of drug-likeness (QED) is 0.833. The fourth-order valence-electron chi connectivity index (χ4n) is 2.46. The van der Waals surface area contributed by atoms with Crippen molar-refractivity contribution in [3.05, 3.63) is 64.7 Å². The number of carbonyl (C=O) groups excluding carboxylic acids is 2. The fourth-order valence-corrected chi connectivity index (χ4v) is 2.46. The fraction of sp³-hybridized carbons (Fsp3) is 0.263. The maximum Gasteiger partial charge on any atom is 0.233 e. The molecular weight excluding hydrogens is 288 g/mol. The molecule has 0 saturated carbocycles. The molecule has 0 aliphatic rings. The van der Waals surface area contributed by atoms with Crippen molar-refractivity contribution in [3.63, 3.8) is 0 Å². The van der Waals surface area contributed by atoms with E-state index in [4.69, 9.17) is 0 Å². The van der Waals surface area contributed by atoms with Crippen molar-refractivity contribution in [1.29, 1.82) is 0 Å². The Morgan fingerprint density at radius 2 is 1.57 bits per heavy atom. The summed E-state index contributed by atoms with van der Waals surface area (Å²) in [6, 6.07) is 13.6. The SMILES string of the molecule is Cc1cc(C)cc(NC(=O)CC(=O)NCc2ccccc2C)c1. The largest absolute Gasteiger partial charge is 0.352 e. The number of hydrogen-bond acceptors (Lipinski definition) is 2. The molecule has 2 amide bonds. The Kier molecular flexibility index (Phi) is 5.52. The molecule has 0 aliphatic carbocycles. The third-order valence-electron chi connectivity index (χ3n) is 3.56. The number of amides is 2. The van der Waals surface area contributed by atoms with Crippen LogP contribution in [0.5, 0.6) is 0 Å². The summed E-state index contributed by atoms with van der Waals surface area (Å²) in [4.78, 5) is 23.8. The summed E-state index contributed by atoms with van der Waals surface area (Å²) in [7, 11) is 0. The molecule has 2 N–H and O–H groups in total. The van der Waals surface area contributed by atoms with E-state index in [0.29, 0.717) is 6.54 Å². The number of anilines is 1. The van der Waals surface area contributed by atoms with Crippen LogP contribution in [0.3, 0.4) is 0 Å². The van der Waals surface area contributed by atoms with Crippen molar-refractivity contribution in [1.82, 2.24) is 5.32 Å². The van der Waals surface area contributed by atoms with Crippen LogP contribution in [-0.4, -0.2) is 11.8 Å². The molecule has 0 aromatic heterocycles. The van der Waals surface area contributed by atoms with Crippen molar-refractivity contribution in [2.24, 2.45) is 0 Å². The van der Waals surface area contributed by atoms with E-state index in [0.717, 1.165) is 27.9 Å². The van der Waals surface area contributed by atoms with Crippen LogP contribution >= 0.6 is 0 Å². The number of hydrogen-bond donors (Lipinski definition) is 2. The minimum atomic E-state index is -0.308. The van der Waals surface area contributed by atoms with Gasteiger partial charge in [0.15, 0.2) is 0 Å². The highest BCUT2D eigenvalue weighted by atomic mass is 16.2. The van der Waals surface area contributed by atoms with E-state index < -0.39 is 0 Å². The minimum Gasteiger partial charge on any atom is -0.352 e. The zero-order valence-electron chi connectivity index (χ0n) is 13.8. The second-order valence-electron chi connectivity index (χ2n) is 5.80. The molecule has 0 spiro atoms. The molecule has 0 fully saturated rings. The first-order valence-electron chi connectivity index (χ1n) is 7.63. The lowest BCUT2D eigenvalue weighted by Gasteiger charge is -2.09. The third-order valence-corrected chi connectivity index (χ3v) is 3.56. The van der Waals surface area contributed by atoms with Crippen LogP contribution in [0.1, 0.15) is 28.7 Å². The van der Waals surface area contributed by atoms with Crippen LogP contribution in [-0.2, 0) is 16.1 Å². The highest BCUT2D eigenvalue weighted by molar-refractivity contribution is 6.03. The van der Waals surface area contributed by atoms with Crippen molar-refractivity contribution in [3.8, 4) is 0 Å². The van der Waals surface area contributed by atoms with Crippen molar-refractivity contribution in [2.75, 3.05) is 5.32 Å². The summed E-state index contributed by atoms with van der Waals surface area (Å²) in [5.74, 6) is -0.590. The average Bonchev–Trinajstić information content (AvgIpc) is 2.45. The Hall–Kier alpha value is -2.62. The van der Waals surface area contributed by atoms with Crippen LogP contribution in [0.15, 0.2) is 42.5 Å². The Labute approximate surface area is 136 Å². The monoisotopic (exact) mass is 310 g/mol. The number of nitrogens with one attached hydrogen (secondary N) is 2. The zero-order valence-corrected chi connectivity index (χ0v) is 13.8. The zero-order chi connectivity index (χ0) is 16.8. The van der Waals surface area contributed by atoms with E-state index in [2.05, 4.69) is 10.6 Å². The van der Waals surface area contributed by atoms with Gasteiger partial charge in [0.2, 0.25) is 11.8 Å². The molecule has 0 saturated heterocycles. The first-order valence-corrected chi connectivity index (χ1v) is 7.63. The van der Waals surface area contributed by atoms with Gasteiger partial charge in [-0.25, -0.2) is 0 Å². The van der Waals surface area contributed by atoms with Crippen LogP contribution in [0.25, 0.3) is 0 Å². The molecule has 0 heterocycles. The molecule has 4 nitrogen and oxygen atoms in total. The molecule has 0 radical (unpaired) electrons. The average molecular weight is 310 g/mol. The van der Waals surface area contributed by atoms with Gasteiger partial charge in [0, 0.05) is 12.2 Å². The van der Waals surface area contributed by atoms with Gasteiger partial charge in [0.05, 0.1) is 0 Å². The lowest BCUT2D eigenvalue weighted by atomic mass is 10.1.